The Morgan fingerprint density at radius 1 is 1.24 bits per heavy atom. The molecule has 0 aromatic heterocycles. The smallest absolute Gasteiger partial charge is 0.214 e. The molecule has 1 N–H and O–H groups in total. The largest absolute Gasteiger partial charge is 0.395 e. The topological polar surface area (TPSA) is 70.1 Å². The number of piperazine rings is 1. The Balaban J connectivity index is 2.36. The Hall–Kier alpha value is -0.210. The first-order valence-corrected chi connectivity index (χ1v) is 7.51. The molecule has 1 heterocycles. The molecule has 0 amide bonds. The second-order valence-corrected chi connectivity index (χ2v) is 6.22. The molecule has 0 radical (unpaired) electrons. The van der Waals surface area contributed by atoms with Crippen LogP contribution in [0.1, 0.15) is 6.42 Å². The van der Waals surface area contributed by atoms with E-state index in [-0.39, 0.29) is 12.4 Å². The Kier molecular flexibility index (Phi) is 6.35. The number of hydrogen-bond donors (Lipinski definition) is 1. The molecule has 17 heavy (non-hydrogen) atoms. The third-order valence-electron chi connectivity index (χ3n) is 2.89. The van der Waals surface area contributed by atoms with Crippen LogP contribution < -0.4 is 0 Å². The zero-order chi connectivity index (χ0) is 12.7. The SMILES string of the molecule is COCCCS(=O)(=O)N1CCN(CCO)CC1. The lowest BCUT2D eigenvalue weighted by Crippen LogP contribution is -2.49. The lowest BCUT2D eigenvalue weighted by Gasteiger charge is -2.33. The molecule has 0 spiro atoms. The molecule has 0 aliphatic carbocycles. The summed E-state index contributed by atoms with van der Waals surface area (Å²) in [4.78, 5) is 2.07. The van der Waals surface area contributed by atoms with Gasteiger partial charge in [-0.2, -0.15) is 4.31 Å². The first kappa shape index (κ1) is 14.8. The minimum atomic E-state index is -3.13. The maximum atomic E-state index is 11.9. The standard InChI is InChI=1S/C10H22N2O4S/c1-16-9-2-10-17(14,15)12-5-3-11(4-6-12)7-8-13/h13H,2-10H2,1H3. The van der Waals surface area contributed by atoms with Crippen LogP contribution in [0.4, 0.5) is 0 Å². The highest BCUT2D eigenvalue weighted by molar-refractivity contribution is 7.89. The molecular weight excluding hydrogens is 244 g/mol. The molecule has 1 aliphatic heterocycles. The van der Waals surface area contributed by atoms with Crippen molar-refractivity contribution in [1.82, 2.24) is 9.21 Å². The number of nitrogens with zero attached hydrogens (tertiary/aromatic N) is 2. The van der Waals surface area contributed by atoms with Crippen molar-refractivity contribution in [3.63, 3.8) is 0 Å². The van der Waals surface area contributed by atoms with Gasteiger partial charge in [-0.15, -0.1) is 0 Å². The van der Waals surface area contributed by atoms with Gasteiger partial charge in [-0.1, -0.05) is 0 Å². The minimum absolute atomic E-state index is 0.126. The summed E-state index contributed by atoms with van der Waals surface area (Å²) in [6.45, 7) is 3.67. The van der Waals surface area contributed by atoms with Crippen molar-refractivity contribution in [3.8, 4) is 0 Å². The number of ether oxygens (including phenoxy) is 1. The normalized spacial score (nSPS) is 19.6. The third-order valence-corrected chi connectivity index (χ3v) is 4.85. The van der Waals surface area contributed by atoms with Gasteiger partial charge in [0.05, 0.1) is 12.4 Å². The van der Waals surface area contributed by atoms with E-state index in [0.717, 1.165) is 0 Å². The van der Waals surface area contributed by atoms with E-state index in [9.17, 15) is 8.42 Å². The molecule has 1 aliphatic rings. The predicted molar refractivity (Wildman–Crippen MR) is 65.4 cm³/mol. The van der Waals surface area contributed by atoms with Crippen molar-refractivity contribution in [1.29, 1.82) is 0 Å². The molecule has 7 heteroatoms. The van der Waals surface area contributed by atoms with Gasteiger partial charge in [0.25, 0.3) is 0 Å². The summed E-state index contributed by atoms with van der Waals surface area (Å²) in [7, 11) is -1.56. The molecule has 1 fully saturated rings. The Morgan fingerprint density at radius 3 is 2.41 bits per heavy atom. The Bertz CT molecular complexity index is 299. The molecule has 0 aromatic rings. The summed E-state index contributed by atoms with van der Waals surface area (Å²) in [6.07, 6.45) is 0.537. The number of methoxy groups -OCH3 is 1. The summed E-state index contributed by atoms with van der Waals surface area (Å²) in [5.74, 6) is 0.154. The van der Waals surface area contributed by atoms with Gasteiger partial charge >= 0.3 is 0 Å². The summed E-state index contributed by atoms with van der Waals surface area (Å²) >= 11 is 0. The average Bonchev–Trinajstić information content (AvgIpc) is 2.30. The minimum Gasteiger partial charge on any atom is -0.395 e. The average molecular weight is 266 g/mol. The van der Waals surface area contributed by atoms with E-state index in [1.54, 1.807) is 7.11 Å². The van der Waals surface area contributed by atoms with Crippen LogP contribution >= 0.6 is 0 Å². The van der Waals surface area contributed by atoms with Gasteiger partial charge in [-0.05, 0) is 6.42 Å². The fourth-order valence-electron chi connectivity index (χ4n) is 1.89. The molecule has 0 aromatic carbocycles. The molecule has 6 nitrogen and oxygen atoms in total. The lowest BCUT2D eigenvalue weighted by atomic mass is 10.4. The molecule has 1 rings (SSSR count). The molecule has 0 saturated carbocycles. The van der Waals surface area contributed by atoms with Crippen molar-refractivity contribution in [2.24, 2.45) is 0 Å². The van der Waals surface area contributed by atoms with Gasteiger partial charge in [-0.3, -0.25) is 4.90 Å². The highest BCUT2D eigenvalue weighted by Gasteiger charge is 2.25. The summed E-state index contributed by atoms with van der Waals surface area (Å²) < 4.78 is 30.2. The number of aliphatic hydroxyl groups is 1. The fourth-order valence-corrected chi connectivity index (χ4v) is 3.35. The second kappa shape index (κ2) is 7.27. The number of hydrogen-bond acceptors (Lipinski definition) is 5. The molecule has 1 saturated heterocycles. The Labute approximate surface area is 103 Å². The van der Waals surface area contributed by atoms with Crippen molar-refractivity contribution in [2.75, 3.05) is 58.8 Å². The zero-order valence-corrected chi connectivity index (χ0v) is 11.2. The molecule has 0 bridgehead atoms. The number of aliphatic hydroxyl groups excluding tert-OH is 1. The third kappa shape index (κ3) is 4.89. The lowest BCUT2D eigenvalue weighted by molar-refractivity contribution is 0.151. The maximum Gasteiger partial charge on any atom is 0.214 e. The molecule has 0 atom stereocenters. The fraction of sp³-hybridized carbons (Fsp3) is 1.00. The van der Waals surface area contributed by atoms with Crippen LogP contribution in [0.3, 0.4) is 0 Å². The van der Waals surface area contributed by atoms with Crippen molar-refractivity contribution >= 4 is 10.0 Å². The van der Waals surface area contributed by atoms with E-state index < -0.39 is 10.0 Å². The van der Waals surface area contributed by atoms with Gasteiger partial charge in [-0.25, -0.2) is 8.42 Å². The van der Waals surface area contributed by atoms with Gasteiger partial charge in [0.1, 0.15) is 0 Å². The summed E-state index contributed by atoms with van der Waals surface area (Å²) in [5.41, 5.74) is 0. The van der Waals surface area contributed by atoms with Crippen LogP contribution in [-0.2, 0) is 14.8 Å². The van der Waals surface area contributed by atoms with Crippen LogP contribution in [0.2, 0.25) is 0 Å². The maximum absolute atomic E-state index is 11.9. The van der Waals surface area contributed by atoms with Crippen molar-refractivity contribution in [3.05, 3.63) is 0 Å². The summed E-state index contributed by atoms with van der Waals surface area (Å²) in [5, 5.41) is 8.80. The molecular formula is C10H22N2O4S. The Morgan fingerprint density at radius 2 is 1.88 bits per heavy atom. The van der Waals surface area contributed by atoms with Crippen molar-refractivity contribution < 1.29 is 18.3 Å². The predicted octanol–water partition coefficient (Wildman–Crippen LogP) is -1.04. The van der Waals surface area contributed by atoms with Crippen LogP contribution in [0.25, 0.3) is 0 Å². The van der Waals surface area contributed by atoms with Gasteiger partial charge in [0.15, 0.2) is 0 Å². The monoisotopic (exact) mass is 266 g/mol. The van der Waals surface area contributed by atoms with E-state index in [1.165, 1.54) is 4.31 Å². The van der Waals surface area contributed by atoms with Crippen LogP contribution in [0, 0.1) is 0 Å². The number of β-amino-alcohol motifs (C(OH)–C–C–N with tert-alkyl or cyclic N) is 1. The molecule has 102 valence electrons. The highest BCUT2D eigenvalue weighted by Crippen LogP contribution is 2.08. The summed E-state index contributed by atoms with van der Waals surface area (Å²) in [6, 6.07) is 0. The quantitative estimate of drug-likeness (QED) is 0.596. The van der Waals surface area contributed by atoms with Crippen LogP contribution in [-0.4, -0.2) is 81.5 Å². The zero-order valence-electron chi connectivity index (χ0n) is 10.3. The molecule has 0 unspecified atom stereocenters. The van der Waals surface area contributed by atoms with Crippen molar-refractivity contribution in [2.45, 2.75) is 6.42 Å². The van der Waals surface area contributed by atoms with Gasteiger partial charge < -0.3 is 9.84 Å². The van der Waals surface area contributed by atoms with E-state index in [0.29, 0.717) is 45.8 Å². The van der Waals surface area contributed by atoms with E-state index >= 15 is 0 Å². The number of rotatable bonds is 7. The van der Waals surface area contributed by atoms with Gasteiger partial charge in [0.2, 0.25) is 10.0 Å². The van der Waals surface area contributed by atoms with Crippen LogP contribution in [0.5, 0.6) is 0 Å². The van der Waals surface area contributed by atoms with Gasteiger partial charge in [0, 0.05) is 46.4 Å². The highest BCUT2D eigenvalue weighted by atomic mass is 32.2. The van der Waals surface area contributed by atoms with E-state index in [1.807, 2.05) is 0 Å². The second-order valence-electron chi connectivity index (χ2n) is 4.13. The first-order valence-electron chi connectivity index (χ1n) is 5.90. The number of sulfonamides is 1. The van der Waals surface area contributed by atoms with E-state index in [2.05, 4.69) is 4.90 Å². The van der Waals surface area contributed by atoms with E-state index in [4.69, 9.17) is 9.84 Å². The van der Waals surface area contributed by atoms with Crippen LogP contribution in [0.15, 0.2) is 0 Å². The first-order chi connectivity index (χ1) is 8.10.